The molecule has 4 nitrogen and oxygen atoms in total. The van der Waals surface area contributed by atoms with Crippen LogP contribution in [0.2, 0.25) is 0 Å². The molecule has 3 aromatic rings. The average Bonchev–Trinajstić information content (AvgIpc) is 2.55. The van der Waals surface area contributed by atoms with Crippen LogP contribution < -0.4 is 15.1 Å². The molecule has 2 aromatic carbocycles. The molecule has 0 saturated heterocycles. The predicted octanol–water partition coefficient (Wildman–Crippen LogP) is 3.79. The maximum atomic E-state index is 12.4. The van der Waals surface area contributed by atoms with Gasteiger partial charge in [-0.1, -0.05) is 12.1 Å². The van der Waals surface area contributed by atoms with E-state index < -0.39 is 0 Å². The van der Waals surface area contributed by atoms with Crippen LogP contribution in [0, 0.1) is 6.92 Å². The highest BCUT2D eigenvalue weighted by Gasteiger charge is 2.13. The van der Waals surface area contributed by atoms with Gasteiger partial charge in [-0.3, -0.25) is 0 Å². The van der Waals surface area contributed by atoms with E-state index in [2.05, 4.69) is 0 Å². The number of hydrogen-bond donors (Lipinski definition) is 0. The number of rotatable bonds is 3. The van der Waals surface area contributed by atoms with E-state index in [1.165, 1.54) is 0 Å². The van der Waals surface area contributed by atoms with Crippen molar-refractivity contribution in [2.24, 2.45) is 0 Å². The molecule has 0 amide bonds. The van der Waals surface area contributed by atoms with E-state index in [9.17, 15) is 4.79 Å². The van der Waals surface area contributed by atoms with Gasteiger partial charge in [0, 0.05) is 11.5 Å². The largest absolute Gasteiger partial charge is 0.497 e. The molecule has 0 bridgehead atoms. The summed E-state index contributed by atoms with van der Waals surface area (Å²) >= 11 is 0. The Balaban J connectivity index is 2.23. The van der Waals surface area contributed by atoms with Crippen LogP contribution in [0.25, 0.3) is 22.1 Å². The van der Waals surface area contributed by atoms with Crippen molar-refractivity contribution in [3.8, 4) is 22.6 Å². The fraction of sp³-hybridized carbons (Fsp3) is 0.167. The van der Waals surface area contributed by atoms with Crippen molar-refractivity contribution in [3.05, 3.63) is 58.4 Å². The Morgan fingerprint density at radius 3 is 2.18 bits per heavy atom. The molecule has 4 heteroatoms. The lowest BCUT2D eigenvalue weighted by atomic mass is 9.99. The van der Waals surface area contributed by atoms with Gasteiger partial charge in [-0.25, -0.2) is 4.79 Å². The quantitative estimate of drug-likeness (QED) is 0.690. The highest BCUT2D eigenvalue weighted by molar-refractivity contribution is 5.87. The molecule has 0 unspecified atom stereocenters. The van der Waals surface area contributed by atoms with E-state index in [0.29, 0.717) is 16.9 Å². The fourth-order valence-electron chi connectivity index (χ4n) is 2.55. The molecule has 112 valence electrons. The van der Waals surface area contributed by atoms with Crippen molar-refractivity contribution in [2.75, 3.05) is 14.2 Å². The van der Waals surface area contributed by atoms with Gasteiger partial charge in [0.05, 0.1) is 19.8 Å². The van der Waals surface area contributed by atoms with Crippen LogP contribution in [0.1, 0.15) is 5.56 Å². The number of benzene rings is 2. The smallest absolute Gasteiger partial charge is 0.344 e. The summed E-state index contributed by atoms with van der Waals surface area (Å²) in [6.07, 6.45) is 0. The zero-order valence-corrected chi connectivity index (χ0v) is 12.7. The second-order valence-corrected chi connectivity index (χ2v) is 4.98. The van der Waals surface area contributed by atoms with Crippen LogP contribution >= 0.6 is 0 Å². The van der Waals surface area contributed by atoms with E-state index in [0.717, 1.165) is 22.3 Å². The highest BCUT2D eigenvalue weighted by atomic mass is 16.5. The molecular formula is C18H16O4. The number of methoxy groups -OCH3 is 2. The Labute approximate surface area is 127 Å². The van der Waals surface area contributed by atoms with Gasteiger partial charge in [0.1, 0.15) is 17.1 Å². The lowest BCUT2D eigenvalue weighted by Gasteiger charge is -2.09. The molecule has 0 N–H and O–H groups in total. The molecule has 0 radical (unpaired) electrons. The fourth-order valence-corrected chi connectivity index (χ4v) is 2.55. The Bertz CT molecular complexity index is 876. The Morgan fingerprint density at radius 2 is 1.55 bits per heavy atom. The first-order valence-electron chi connectivity index (χ1n) is 6.90. The molecule has 3 rings (SSSR count). The third-order valence-electron chi connectivity index (χ3n) is 3.75. The van der Waals surface area contributed by atoms with Gasteiger partial charge < -0.3 is 13.9 Å². The minimum atomic E-state index is -0.358. The van der Waals surface area contributed by atoms with E-state index >= 15 is 0 Å². The maximum Gasteiger partial charge on any atom is 0.344 e. The van der Waals surface area contributed by atoms with Crippen LogP contribution in [0.3, 0.4) is 0 Å². The first-order valence-corrected chi connectivity index (χ1v) is 6.90. The maximum absolute atomic E-state index is 12.4. The van der Waals surface area contributed by atoms with E-state index in [1.54, 1.807) is 20.3 Å². The summed E-state index contributed by atoms with van der Waals surface area (Å²) in [5, 5.41) is 0.895. The minimum absolute atomic E-state index is 0.358. The van der Waals surface area contributed by atoms with Crippen molar-refractivity contribution in [1.29, 1.82) is 0 Å². The standard InChI is InChI=1S/C18H16O4/c1-11-15-9-8-14(21-3)10-16(15)22-18(19)17(11)12-4-6-13(20-2)7-5-12/h4-10H,1-3H3. The summed E-state index contributed by atoms with van der Waals surface area (Å²) in [6.45, 7) is 1.92. The molecule has 1 heterocycles. The van der Waals surface area contributed by atoms with Crippen LogP contribution in [-0.2, 0) is 0 Å². The van der Waals surface area contributed by atoms with Crippen LogP contribution in [0.15, 0.2) is 51.7 Å². The van der Waals surface area contributed by atoms with Gasteiger partial charge in [0.2, 0.25) is 0 Å². The van der Waals surface area contributed by atoms with Gasteiger partial charge in [-0.05, 0) is 42.3 Å². The number of hydrogen-bond acceptors (Lipinski definition) is 4. The molecule has 0 aliphatic carbocycles. The van der Waals surface area contributed by atoms with Gasteiger partial charge in [-0.15, -0.1) is 0 Å². The predicted molar refractivity (Wildman–Crippen MR) is 85.8 cm³/mol. The lowest BCUT2D eigenvalue weighted by Crippen LogP contribution is -2.06. The van der Waals surface area contributed by atoms with Gasteiger partial charge >= 0.3 is 5.63 Å². The van der Waals surface area contributed by atoms with E-state index in [1.807, 2.05) is 43.3 Å². The van der Waals surface area contributed by atoms with Crippen molar-refractivity contribution in [2.45, 2.75) is 6.92 Å². The summed E-state index contributed by atoms with van der Waals surface area (Å²) < 4.78 is 15.8. The Kier molecular flexibility index (Phi) is 3.59. The van der Waals surface area contributed by atoms with Crippen molar-refractivity contribution in [1.82, 2.24) is 0 Å². The second kappa shape index (κ2) is 5.56. The number of ether oxygens (including phenoxy) is 2. The summed E-state index contributed by atoms with van der Waals surface area (Å²) in [4.78, 5) is 12.4. The monoisotopic (exact) mass is 296 g/mol. The Morgan fingerprint density at radius 1 is 0.909 bits per heavy atom. The topological polar surface area (TPSA) is 48.7 Å². The zero-order chi connectivity index (χ0) is 15.7. The molecule has 1 aromatic heterocycles. The van der Waals surface area contributed by atoms with Gasteiger partial charge in [0.15, 0.2) is 0 Å². The lowest BCUT2D eigenvalue weighted by molar-refractivity contribution is 0.414. The molecule has 0 aliphatic heterocycles. The number of aryl methyl sites for hydroxylation is 1. The summed E-state index contributed by atoms with van der Waals surface area (Å²) in [6, 6.07) is 12.8. The van der Waals surface area contributed by atoms with E-state index in [-0.39, 0.29) is 5.63 Å². The minimum Gasteiger partial charge on any atom is -0.497 e. The van der Waals surface area contributed by atoms with E-state index in [4.69, 9.17) is 13.9 Å². The molecule has 22 heavy (non-hydrogen) atoms. The molecule has 0 fully saturated rings. The second-order valence-electron chi connectivity index (χ2n) is 4.98. The zero-order valence-electron chi connectivity index (χ0n) is 12.7. The Hall–Kier alpha value is -2.75. The molecule has 0 atom stereocenters. The van der Waals surface area contributed by atoms with Crippen molar-refractivity contribution < 1.29 is 13.9 Å². The first-order chi connectivity index (χ1) is 10.6. The van der Waals surface area contributed by atoms with Crippen molar-refractivity contribution >= 4 is 11.0 Å². The third kappa shape index (κ3) is 2.33. The van der Waals surface area contributed by atoms with Crippen LogP contribution in [0.5, 0.6) is 11.5 Å². The summed E-state index contributed by atoms with van der Waals surface area (Å²) in [7, 11) is 3.19. The van der Waals surface area contributed by atoms with Crippen LogP contribution in [0.4, 0.5) is 0 Å². The summed E-state index contributed by atoms with van der Waals surface area (Å²) in [5.74, 6) is 1.41. The molecular weight excluding hydrogens is 280 g/mol. The SMILES string of the molecule is COc1ccc(-c2c(C)c3ccc(OC)cc3oc2=O)cc1. The van der Waals surface area contributed by atoms with Gasteiger partial charge in [0.25, 0.3) is 0 Å². The van der Waals surface area contributed by atoms with Crippen molar-refractivity contribution in [3.63, 3.8) is 0 Å². The van der Waals surface area contributed by atoms with Gasteiger partial charge in [-0.2, -0.15) is 0 Å². The average molecular weight is 296 g/mol. The molecule has 0 saturated carbocycles. The first kappa shape index (κ1) is 14.2. The normalized spacial score (nSPS) is 10.7. The third-order valence-corrected chi connectivity index (χ3v) is 3.75. The number of fused-ring (bicyclic) bond motifs is 1. The molecule has 0 aliphatic rings. The molecule has 0 spiro atoms. The highest BCUT2D eigenvalue weighted by Crippen LogP contribution is 2.29. The summed E-state index contributed by atoms with van der Waals surface area (Å²) in [5.41, 5.74) is 2.44. The van der Waals surface area contributed by atoms with Crippen LogP contribution in [-0.4, -0.2) is 14.2 Å².